The number of carbonyl (C=O) groups is 1. The number of para-hydroxylation sites is 2. The highest BCUT2D eigenvalue weighted by Gasteiger charge is 2.28. The molecule has 34 heavy (non-hydrogen) atoms. The lowest BCUT2D eigenvalue weighted by molar-refractivity contribution is -0.135. The van der Waals surface area contributed by atoms with E-state index in [-0.39, 0.29) is 12.2 Å². The zero-order chi connectivity index (χ0) is 24.1. The molecule has 2 aromatic heterocycles. The number of aryl methyl sites for hydroxylation is 1. The number of alkyl halides is 3. The predicted molar refractivity (Wildman–Crippen MR) is 123 cm³/mol. The molecule has 0 radical (unpaired) electrons. The summed E-state index contributed by atoms with van der Waals surface area (Å²) in [6.07, 6.45) is 0.0688. The molecule has 4 rings (SSSR count). The summed E-state index contributed by atoms with van der Waals surface area (Å²) in [5.74, 6) is 0.441. The maximum Gasteiger partial charge on any atom is 0.405 e. The number of rotatable bonds is 7. The summed E-state index contributed by atoms with van der Waals surface area (Å²) >= 11 is 0. The standard InChI is InChI=1S/C25H21F3N4O2/c1-32-22-7-3-2-6-21(22)31-23(32)15-34-19-10-8-18(9-11-19)20(13-17-5-4-12-29-14-17)24(33)30-16-25(26,27)28/h2-14H,15-16H2,1H3,(H,30,33). The van der Waals surface area contributed by atoms with E-state index in [1.165, 1.54) is 12.3 Å². The summed E-state index contributed by atoms with van der Waals surface area (Å²) in [7, 11) is 1.91. The predicted octanol–water partition coefficient (Wildman–Crippen LogP) is 4.77. The van der Waals surface area contributed by atoms with E-state index in [2.05, 4.69) is 9.97 Å². The highest BCUT2D eigenvalue weighted by Crippen LogP contribution is 2.23. The molecule has 2 heterocycles. The van der Waals surface area contributed by atoms with Crippen molar-refractivity contribution in [2.24, 2.45) is 7.05 Å². The monoisotopic (exact) mass is 466 g/mol. The van der Waals surface area contributed by atoms with Gasteiger partial charge in [-0.25, -0.2) is 4.98 Å². The zero-order valence-corrected chi connectivity index (χ0v) is 18.2. The average Bonchev–Trinajstić information content (AvgIpc) is 3.16. The Balaban J connectivity index is 1.52. The van der Waals surface area contributed by atoms with Gasteiger partial charge in [-0.2, -0.15) is 13.2 Å². The van der Waals surface area contributed by atoms with Crippen molar-refractivity contribution in [3.8, 4) is 5.75 Å². The van der Waals surface area contributed by atoms with Crippen molar-refractivity contribution >= 4 is 28.6 Å². The molecule has 0 spiro atoms. The van der Waals surface area contributed by atoms with Crippen LogP contribution in [0.2, 0.25) is 0 Å². The topological polar surface area (TPSA) is 69.0 Å². The Hall–Kier alpha value is -4.14. The minimum absolute atomic E-state index is 0.0825. The second kappa shape index (κ2) is 9.78. The number of benzene rings is 2. The number of ether oxygens (including phenoxy) is 1. The number of hydrogen-bond donors (Lipinski definition) is 1. The van der Waals surface area contributed by atoms with E-state index in [0.717, 1.165) is 16.9 Å². The molecule has 0 aliphatic rings. The van der Waals surface area contributed by atoms with E-state index in [0.29, 0.717) is 16.9 Å². The fraction of sp³-hybridized carbons (Fsp3) is 0.160. The van der Waals surface area contributed by atoms with Gasteiger partial charge in [-0.15, -0.1) is 0 Å². The van der Waals surface area contributed by atoms with Gasteiger partial charge in [-0.1, -0.05) is 30.3 Å². The van der Waals surface area contributed by atoms with Crippen LogP contribution in [0.3, 0.4) is 0 Å². The Labute approximate surface area is 193 Å². The highest BCUT2D eigenvalue weighted by molar-refractivity contribution is 6.24. The number of carbonyl (C=O) groups excluding carboxylic acids is 1. The molecule has 2 aromatic carbocycles. The molecular formula is C25H21F3N4O2. The molecule has 0 saturated heterocycles. The number of hydrogen-bond acceptors (Lipinski definition) is 4. The molecule has 0 unspecified atom stereocenters. The van der Waals surface area contributed by atoms with Crippen molar-refractivity contribution in [1.82, 2.24) is 19.9 Å². The third kappa shape index (κ3) is 5.61. The Morgan fingerprint density at radius 1 is 1.09 bits per heavy atom. The van der Waals surface area contributed by atoms with Crippen LogP contribution in [-0.4, -0.2) is 33.2 Å². The first-order valence-corrected chi connectivity index (χ1v) is 10.4. The first-order valence-electron chi connectivity index (χ1n) is 10.4. The van der Waals surface area contributed by atoms with Gasteiger partial charge in [0.15, 0.2) is 0 Å². The van der Waals surface area contributed by atoms with Crippen LogP contribution in [0.15, 0.2) is 73.1 Å². The van der Waals surface area contributed by atoms with Crippen LogP contribution in [0, 0.1) is 0 Å². The van der Waals surface area contributed by atoms with Gasteiger partial charge in [0.05, 0.1) is 11.0 Å². The van der Waals surface area contributed by atoms with Crippen LogP contribution in [0.25, 0.3) is 22.7 Å². The van der Waals surface area contributed by atoms with Gasteiger partial charge in [0.1, 0.15) is 24.7 Å². The minimum Gasteiger partial charge on any atom is -0.486 e. The van der Waals surface area contributed by atoms with Crippen LogP contribution >= 0.6 is 0 Å². The molecule has 4 aromatic rings. The van der Waals surface area contributed by atoms with Crippen LogP contribution < -0.4 is 10.1 Å². The van der Waals surface area contributed by atoms with Gasteiger partial charge in [-0.05, 0) is 47.5 Å². The molecule has 0 saturated carbocycles. The second-order valence-corrected chi connectivity index (χ2v) is 7.53. The fourth-order valence-electron chi connectivity index (χ4n) is 3.39. The van der Waals surface area contributed by atoms with E-state index < -0.39 is 18.6 Å². The minimum atomic E-state index is -4.51. The number of amides is 1. The Morgan fingerprint density at radius 3 is 2.53 bits per heavy atom. The molecule has 6 nitrogen and oxygen atoms in total. The fourth-order valence-corrected chi connectivity index (χ4v) is 3.39. The number of fused-ring (bicyclic) bond motifs is 1. The molecule has 0 atom stereocenters. The van der Waals surface area contributed by atoms with Crippen LogP contribution in [0.4, 0.5) is 13.2 Å². The molecule has 0 bridgehead atoms. The SMILES string of the molecule is Cn1c(COc2ccc(C(=Cc3cccnc3)C(=O)NCC(F)(F)F)cc2)nc2ccccc21. The number of pyridine rings is 1. The van der Waals surface area contributed by atoms with Crippen molar-refractivity contribution in [2.75, 3.05) is 6.54 Å². The normalized spacial score (nSPS) is 12.1. The summed E-state index contributed by atoms with van der Waals surface area (Å²) in [6.45, 7) is -1.19. The van der Waals surface area contributed by atoms with Crippen molar-refractivity contribution in [2.45, 2.75) is 12.8 Å². The summed E-state index contributed by atoms with van der Waals surface area (Å²) in [6, 6.07) is 17.7. The van der Waals surface area contributed by atoms with Crippen LogP contribution in [-0.2, 0) is 18.4 Å². The smallest absolute Gasteiger partial charge is 0.405 e. The molecule has 174 valence electrons. The maximum absolute atomic E-state index is 12.6. The summed E-state index contributed by atoms with van der Waals surface area (Å²) in [5, 5.41) is 1.93. The van der Waals surface area contributed by atoms with Crippen LogP contribution in [0.5, 0.6) is 5.75 Å². The van der Waals surface area contributed by atoms with Crippen molar-refractivity contribution < 1.29 is 22.7 Å². The number of aromatic nitrogens is 3. The Morgan fingerprint density at radius 2 is 1.85 bits per heavy atom. The molecule has 0 aliphatic heterocycles. The molecule has 1 amide bonds. The van der Waals surface area contributed by atoms with E-state index in [4.69, 9.17) is 4.74 Å². The van der Waals surface area contributed by atoms with E-state index >= 15 is 0 Å². The molecule has 0 aliphatic carbocycles. The average molecular weight is 466 g/mol. The van der Waals surface area contributed by atoms with Crippen molar-refractivity contribution in [3.05, 3.63) is 90.0 Å². The summed E-state index contributed by atoms with van der Waals surface area (Å²) < 4.78 is 45.6. The van der Waals surface area contributed by atoms with Gasteiger partial charge in [0, 0.05) is 25.0 Å². The largest absolute Gasteiger partial charge is 0.486 e. The first kappa shape index (κ1) is 23.0. The van der Waals surface area contributed by atoms with E-state index in [9.17, 15) is 18.0 Å². The third-order valence-electron chi connectivity index (χ3n) is 5.10. The lowest BCUT2D eigenvalue weighted by Gasteiger charge is -2.12. The maximum atomic E-state index is 12.6. The second-order valence-electron chi connectivity index (χ2n) is 7.53. The summed E-state index contributed by atoms with van der Waals surface area (Å²) in [4.78, 5) is 21.1. The Kier molecular flexibility index (Phi) is 6.62. The number of nitrogens with zero attached hydrogens (tertiary/aromatic N) is 3. The molecule has 9 heteroatoms. The quantitative estimate of drug-likeness (QED) is 0.399. The van der Waals surface area contributed by atoms with Gasteiger partial charge in [0.2, 0.25) is 0 Å². The number of imidazole rings is 1. The lowest BCUT2D eigenvalue weighted by Crippen LogP contribution is -2.34. The third-order valence-corrected chi connectivity index (χ3v) is 5.10. The van der Waals surface area contributed by atoms with Crippen molar-refractivity contribution in [1.29, 1.82) is 0 Å². The molecule has 0 fully saturated rings. The Bertz CT molecular complexity index is 1310. The van der Waals surface area contributed by atoms with Crippen LogP contribution in [0.1, 0.15) is 17.0 Å². The molecule has 1 N–H and O–H groups in total. The van der Waals surface area contributed by atoms with E-state index in [1.54, 1.807) is 42.6 Å². The summed E-state index contributed by atoms with van der Waals surface area (Å²) in [5.41, 5.74) is 2.97. The highest BCUT2D eigenvalue weighted by atomic mass is 19.4. The van der Waals surface area contributed by atoms with Gasteiger partial charge < -0.3 is 14.6 Å². The van der Waals surface area contributed by atoms with Crippen molar-refractivity contribution in [3.63, 3.8) is 0 Å². The number of nitrogens with one attached hydrogen (secondary N) is 1. The van der Waals surface area contributed by atoms with Gasteiger partial charge >= 0.3 is 6.18 Å². The first-order chi connectivity index (χ1) is 16.3. The van der Waals surface area contributed by atoms with Gasteiger partial charge in [-0.3, -0.25) is 9.78 Å². The lowest BCUT2D eigenvalue weighted by atomic mass is 10.0. The zero-order valence-electron chi connectivity index (χ0n) is 18.2. The number of halogens is 3. The molecular weight excluding hydrogens is 445 g/mol. The van der Waals surface area contributed by atoms with Gasteiger partial charge in [0.25, 0.3) is 5.91 Å². The van der Waals surface area contributed by atoms with E-state index in [1.807, 2.05) is 41.2 Å².